The first-order chi connectivity index (χ1) is 11.1. The number of amides is 2. The van der Waals surface area contributed by atoms with Gasteiger partial charge >= 0.3 is 0 Å². The lowest BCUT2D eigenvalue weighted by Crippen LogP contribution is -2.28. The van der Waals surface area contributed by atoms with Gasteiger partial charge in [0.15, 0.2) is 0 Å². The average molecular weight is 316 g/mol. The number of H-pyrrole nitrogens is 1. The van der Waals surface area contributed by atoms with Gasteiger partial charge in [-0.15, -0.1) is 0 Å². The van der Waals surface area contributed by atoms with Gasteiger partial charge in [-0.05, 0) is 36.8 Å². The average Bonchev–Trinajstić information content (AvgIpc) is 3.23. The standard InChI is InChI=1S/C16H17FN4O2/c1-18-15(22)14-8-13(19-20-14)11-6-7-21(9-11)16(23)10-2-4-12(17)5-3-10/h2-5,8,11H,6-7,9H2,1H3,(H,18,22)(H,19,20)/t11-/m1/s1. The van der Waals surface area contributed by atoms with Gasteiger partial charge in [0.1, 0.15) is 11.5 Å². The molecule has 1 aliphatic rings. The molecule has 2 N–H and O–H groups in total. The maximum Gasteiger partial charge on any atom is 0.271 e. The Morgan fingerprint density at radius 3 is 2.78 bits per heavy atom. The van der Waals surface area contributed by atoms with Gasteiger partial charge in [0, 0.05) is 37.3 Å². The maximum absolute atomic E-state index is 12.9. The third-order valence-electron chi connectivity index (χ3n) is 4.06. The number of aromatic nitrogens is 2. The van der Waals surface area contributed by atoms with Crippen LogP contribution in [0.25, 0.3) is 0 Å². The molecular weight excluding hydrogens is 299 g/mol. The Kier molecular flexibility index (Phi) is 4.10. The molecule has 2 amide bonds. The van der Waals surface area contributed by atoms with Crippen molar-refractivity contribution in [3.63, 3.8) is 0 Å². The fourth-order valence-electron chi connectivity index (χ4n) is 2.76. The SMILES string of the molecule is CNC(=O)c1cc([C@@H]2CCN(C(=O)c3ccc(F)cc3)C2)[nH]n1. The summed E-state index contributed by atoms with van der Waals surface area (Å²) in [4.78, 5) is 25.7. The fraction of sp³-hybridized carbons (Fsp3) is 0.312. The third-order valence-corrected chi connectivity index (χ3v) is 4.06. The quantitative estimate of drug-likeness (QED) is 0.901. The summed E-state index contributed by atoms with van der Waals surface area (Å²) in [7, 11) is 1.55. The zero-order chi connectivity index (χ0) is 16.4. The summed E-state index contributed by atoms with van der Waals surface area (Å²) in [5.41, 5.74) is 1.66. The molecule has 0 saturated carbocycles. The molecule has 1 fully saturated rings. The predicted octanol–water partition coefficient (Wildman–Crippen LogP) is 1.54. The third kappa shape index (κ3) is 3.08. The first-order valence-corrected chi connectivity index (χ1v) is 7.40. The summed E-state index contributed by atoms with van der Waals surface area (Å²) in [6.07, 6.45) is 0.794. The van der Waals surface area contributed by atoms with Gasteiger partial charge in [-0.3, -0.25) is 14.7 Å². The van der Waals surface area contributed by atoms with E-state index in [0.29, 0.717) is 24.3 Å². The van der Waals surface area contributed by atoms with Crippen LogP contribution in [0.2, 0.25) is 0 Å². The highest BCUT2D eigenvalue weighted by atomic mass is 19.1. The zero-order valence-corrected chi connectivity index (χ0v) is 12.7. The Morgan fingerprint density at radius 2 is 2.09 bits per heavy atom. The van der Waals surface area contributed by atoms with Crippen molar-refractivity contribution in [1.29, 1.82) is 0 Å². The predicted molar refractivity (Wildman–Crippen MR) is 81.6 cm³/mol. The van der Waals surface area contributed by atoms with Crippen LogP contribution in [0.3, 0.4) is 0 Å². The van der Waals surface area contributed by atoms with Crippen LogP contribution in [0, 0.1) is 5.82 Å². The van der Waals surface area contributed by atoms with Crippen LogP contribution < -0.4 is 5.32 Å². The molecule has 1 aromatic heterocycles. The lowest BCUT2D eigenvalue weighted by Gasteiger charge is -2.16. The molecule has 6 nitrogen and oxygen atoms in total. The molecule has 1 saturated heterocycles. The summed E-state index contributed by atoms with van der Waals surface area (Å²) in [6.45, 7) is 1.17. The van der Waals surface area contributed by atoms with E-state index in [4.69, 9.17) is 0 Å². The van der Waals surface area contributed by atoms with E-state index in [0.717, 1.165) is 12.1 Å². The minimum Gasteiger partial charge on any atom is -0.354 e. The van der Waals surface area contributed by atoms with Gasteiger partial charge in [0.25, 0.3) is 11.8 Å². The minimum atomic E-state index is -0.361. The Balaban J connectivity index is 1.68. The van der Waals surface area contributed by atoms with Crippen molar-refractivity contribution in [1.82, 2.24) is 20.4 Å². The van der Waals surface area contributed by atoms with Crippen LogP contribution in [0.1, 0.15) is 38.9 Å². The number of halogens is 1. The van der Waals surface area contributed by atoms with Gasteiger partial charge in [0.2, 0.25) is 0 Å². The molecule has 1 aliphatic heterocycles. The smallest absolute Gasteiger partial charge is 0.271 e. The zero-order valence-electron chi connectivity index (χ0n) is 12.7. The molecule has 0 spiro atoms. The van der Waals surface area contributed by atoms with E-state index in [1.165, 1.54) is 24.3 Å². The summed E-state index contributed by atoms with van der Waals surface area (Å²) in [5, 5.41) is 9.38. The van der Waals surface area contributed by atoms with Crippen LogP contribution >= 0.6 is 0 Å². The molecule has 0 bridgehead atoms. The van der Waals surface area contributed by atoms with Crippen LogP contribution in [0.5, 0.6) is 0 Å². The summed E-state index contributed by atoms with van der Waals surface area (Å²) in [5.74, 6) is -0.603. The van der Waals surface area contributed by atoms with Crippen molar-refractivity contribution in [2.24, 2.45) is 0 Å². The van der Waals surface area contributed by atoms with Crippen molar-refractivity contribution < 1.29 is 14.0 Å². The van der Waals surface area contributed by atoms with Gasteiger partial charge < -0.3 is 10.2 Å². The number of rotatable bonds is 3. The molecule has 120 valence electrons. The molecule has 2 heterocycles. The highest BCUT2D eigenvalue weighted by molar-refractivity contribution is 5.94. The number of nitrogens with one attached hydrogen (secondary N) is 2. The fourth-order valence-corrected chi connectivity index (χ4v) is 2.76. The molecule has 0 unspecified atom stereocenters. The molecule has 0 radical (unpaired) electrons. The second-order valence-electron chi connectivity index (χ2n) is 5.53. The molecule has 2 aromatic rings. The van der Waals surface area contributed by atoms with Crippen molar-refractivity contribution in [3.05, 3.63) is 53.1 Å². The van der Waals surface area contributed by atoms with Gasteiger partial charge in [0.05, 0.1) is 0 Å². The van der Waals surface area contributed by atoms with Crippen molar-refractivity contribution in [2.75, 3.05) is 20.1 Å². The molecule has 0 aliphatic carbocycles. The Bertz CT molecular complexity index is 726. The normalized spacial score (nSPS) is 17.3. The highest BCUT2D eigenvalue weighted by Gasteiger charge is 2.29. The number of carbonyl (C=O) groups excluding carboxylic acids is 2. The first kappa shape index (κ1) is 15.2. The second kappa shape index (κ2) is 6.20. The van der Waals surface area contributed by atoms with Crippen LogP contribution in [0.15, 0.2) is 30.3 Å². The maximum atomic E-state index is 12.9. The molecule has 23 heavy (non-hydrogen) atoms. The minimum absolute atomic E-state index is 0.112. The number of hydrogen-bond donors (Lipinski definition) is 2. The highest BCUT2D eigenvalue weighted by Crippen LogP contribution is 2.27. The summed E-state index contributed by atoms with van der Waals surface area (Å²) < 4.78 is 12.9. The lowest BCUT2D eigenvalue weighted by molar-refractivity contribution is 0.0790. The molecule has 7 heteroatoms. The Hall–Kier alpha value is -2.70. The largest absolute Gasteiger partial charge is 0.354 e. The van der Waals surface area contributed by atoms with Crippen LogP contribution in [-0.2, 0) is 0 Å². The van der Waals surface area contributed by atoms with Gasteiger partial charge in [-0.25, -0.2) is 4.39 Å². The van der Waals surface area contributed by atoms with E-state index in [2.05, 4.69) is 15.5 Å². The van der Waals surface area contributed by atoms with E-state index in [1.54, 1.807) is 18.0 Å². The Labute approximate surface area is 132 Å². The van der Waals surface area contributed by atoms with E-state index >= 15 is 0 Å². The summed E-state index contributed by atoms with van der Waals surface area (Å²) in [6, 6.07) is 7.27. The van der Waals surface area contributed by atoms with Gasteiger partial charge in [-0.2, -0.15) is 5.10 Å². The van der Waals surface area contributed by atoms with Gasteiger partial charge in [-0.1, -0.05) is 0 Å². The molecule has 1 atom stereocenters. The second-order valence-corrected chi connectivity index (χ2v) is 5.53. The topological polar surface area (TPSA) is 78.1 Å². The molecule has 1 aromatic carbocycles. The van der Waals surface area contributed by atoms with E-state index in [9.17, 15) is 14.0 Å². The summed E-state index contributed by atoms with van der Waals surface area (Å²) >= 11 is 0. The number of carbonyl (C=O) groups is 2. The number of hydrogen-bond acceptors (Lipinski definition) is 3. The van der Waals surface area contributed by atoms with E-state index in [-0.39, 0.29) is 23.5 Å². The van der Waals surface area contributed by atoms with Crippen LogP contribution in [-0.4, -0.2) is 47.0 Å². The number of likely N-dealkylation sites (tertiary alicyclic amines) is 1. The molecular formula is C16H17FN4O2. The lowest BCUT2D eigenvalue weighted by atomic mass is 10.0. The monoisotopic (exact) mass is 316 g/mol. The van der Waals surface area contributed by atoms with Crippen molar-refractivity contribution in [3.8, 4) is 0 Å². The van der Waals surface area contributed by atoms with Crippen molar-refractivity contribution in [2.45, 2.75) is 12.3 Å². The van der Waals surface area contributed by atoms with E-state index in [1.807, 2.05) is 0 Å². The number of aromatic amines is 1. The Morgan fingerprint density at radius 1 is 1.35 bits per heavy atom. The van der Waals surface area contributed by atoms with Crippen molar-refractivity contribution >= 4 is 11.8 Å². The number of benzene rings is 1. The van der Waals surface area contributed by atoms with Crippen LogP contribution in [0.4, 0.5) is 4.39 Å². The first-order valence-electron chi connectivity index (χ1n) is 7.40. The number of nitrogens with zero attached hydrogens (tertiary/aromatic N) is 2. The molecule has 3 rings (SSSR count). The van der Waals surface area contributed by atoms with E-state index < -0.39 is 0 Å².